The van der Waals surface area contributed by atoms with Crippen molar-refractivity contribution in [1.29, 1.82) is 0 Å². The largest absolute Gasteiger partial charge is 0.395 e. The van der Waals surface area contributed by atoms with E-state index in [4.69, 9.17) is 0 Å². The fourth-order valence-electron chi connectivity index (χ4n) is 2.43. The average Bonchev–Trinajstić information content (AvgIpc) is 2.63. The highest BCUT2D eigenvalue weighted by Crippen LogP contribution is 2.12. The Hall–Kier alpha value is -1.99. The minimum absolute atomic E-state index is 0.0748. The summed E-state index contributed by atoms with van der Waals surface area (Å²) in [6.07, 6.45) is 4.11. The first-order valence-electron chi connectivity index (χ1n) is 8.12. The highest BCUT2D eigenvalue weighted by molar-refractivity contribution is 7.89. The van der Waals surface area contributed by atoms with Gasteiger partial charge in [0.15, 0.2) is 0 Å². The molecule has 0 radical (unpaired) electrons. The number of nitrogens with zero attached hydrogens (tertiary/aromatic N) is 1. The minimum atomic E-state index is -3.41. The lowest BCUT2D eigenvalue weighted by atomic mass is 10.2. The molecular formula is C19H24N2O3S. The molecule has 0 fully saturated rings. The third-order valence-electron chi connectivity index (χ3n) is 3.80. The Morgan fingerprint density at radius 2 is 1.76 bits per heavy atom. The van der Waals surface area contributed by atoms with Crippen molar-refractivity contribution >= 4 is 16.1 Å². The van der Waals surface area contributed by atoms with Gasteiger partial charge in [-0.1, -0.05) is 54.6 Å². The topological polar surface area (TPSA) is 69.6 Å². The summed E-state index contributed by atoms with van der Waals surface area (Å²) in [6, 6.07) is 16.8. The van der Waals surface area contributed by atoms with Crippen molar-refractivity contribution in [3.05, 3.63) is 71.8 Å². The van der Waals surface area contributed by atoms with E-state index in [1.165, 1.54) is 7.05 Å². The predicted molar refractivity (Wildman–Crippen MR) is 101 cm³/mol. The van der Waals surface area contributed by atoms with Crippen molar-refractivity contribution in [2.75, 3.05) is 26.7 Å². The first kappa shape index (κ1) is 19.3. The van der Waals surface area contributed by atoms with E-state index >= 15 is 0 Å². The van der Waals surface area contributed by atoms with Crippen molar-refractivity contribution < 1.29 is 13.5 Å². The fraction of sp³-hybridized carbons (Fsp3) is 0.263. The zero-order valence-electron chi connectivity index (χ0n) is 14.3. The Labute approximate surface area is 149 Å². The van der Waals surface area contributed by atoms with Gasteiger partial charge < -0.3 is 5.11 Å². The zero-order valence-corrected chi connectivity index (χ0v) is 15.1. The van der Waals surface area contributed by atoms with Gasteiger partial charge in [0.1, 0.15) is 0 Å². The minimum Gasteiger partial charge on any atom is -0.395 e. The van der Waals surface area contributed by atoms with Crippen LogP contribution in [-0.2, 0) is 16.6 Å². The molecule has 25 heavy (non-hydrogen) atoms. The van der Waals surface area contributed by atoms with E-state index in [9.17, 15) is 13.5 Å². The molecule has 0 aliphatic heterocycles. The van der Waals surface area contributed by atoms with Crippen LogP contribution in [0.3, 0.4) is 0 Å². The second-order valence-electron chi connectivity index (χ2n) is 5.62. The van der Waals surface area contributed by atoms with Gasteiger partial charge in [-0.05, 0) is 30.3 Å². The van der Waals surface area contributed by atoms with E-state index in [1.807, 2.05) is 36.4 Å². The summed E-state index contributed by atoms with van der Waals surface area (Å²) >= 11 is 0. The summed E-state index contributed by atoms with van der Waals surface area (Å²) in [5, 5.41) is 9.26. The second-order valence-corrected chi connectivity index (χ2v) is 7.51. The number of aliphatic hydroxyl groups excluding tert-OH is 1. The molecule has 0 spiro atoms. The normalized spacial score (nSPS) is 12.1. The summed E-state index contributed by atoms with van der Waals surface area (Å²) in [5.41, 5.74) is 2.13. The van der Waals surface area contributed by atoms with Crippen LogP contribution in [0.15, 0.2) is 65.6 Å². The maximum Gasteiger partial charge on any atom is 0.240 e. The molecule has 0 atom stereocenters. The molecule has 0 saturated heterocycles. The van der Waals surface area contributed by atoms with Crippen molar-refractivity contribution in [3.8, 4) is 0 Å². The van der Waals surface area contributed by atoms with E-state index in [-0.39, 0.29) is 11.5 Å². The molecule has 2 N–H and O–H groups in total. The Morgan fingerprint density at radius 3 is 2.36 bits per heavy atom. The average molecular weight is 360 g/mol. The van der Waals surface area contributed by atoms with Gasteiger partial charge in [0.2, 0.25) is 10.0 Å². The predicted octanol–water partition coefficient (Wildman–Crippen LogP) is 2.10. The Kier molecular flexibility index (Phi) is 7.33. The van der Waals surface area contributed by atoms with Crippen LogP contribution < -0.4 is 4.72 Å². The first-order valence-corrected chi connectivity index (χ1v) is 9.61. The Morgan fingerprint density at radius 1 is 1.08 bits per heavy atom. The molecule has 134 valence electrons. The van der Waals surface area contributed by atoms with Gasteiger partial charge in [0, 0.05) is 19.6 Å². The van der Waals surface area contributed by atoms with E-state index < -0.39 is 10.0 Å². The second kappa shape index (κ2) is 9.48. The molecule has 0 aliphatic carbocycles. The highest BCUT2D eigenvalue weighted by atomic mass is 32.2. The third-order valence-corrected chi connectivity index (χ3v) is 5.23. The first-order chi connectivity index (χ1) is 12.0. The van der Waals surface area contributed by atoms with Crippen LogP contribution in [0.2, 0.25) is 0 Å². The van der Waals surface area contributed by atoms with Crippen molar-refractivity contribution in [2.45, 2.75) is 11.4 Å². The number of nitrogens with one attached hydrogen (secondary N) is 1. The lowest BCUT2D eigenvalue weighted by Gasteiger charge is -2.19. The number of benzene rings is 2. The van der Waals surface area contributed by atoms with Gasteiger partial charge in [-0.2, -0.15) is 0 Å². The van der Waals surface area contributed by atoms with Crippen LogP contribution in [0.4, 0.5) is 0 Å². The zero-order chi connectivity index (χ0) is 18.1. The molecular weight excluding hydrogens is 336 g/mol. The van der Waals surface area contributed by atoms with E-state index in [0.717, 1.165) is 11.1 Å². The standard InChI is InChI=1S/C19H24N2O3S/c1-20-25(23,24)19-11-9-18(10-12-19)16-21(14-15-22)13-5-8-17-6-3-2-4-7-17/h2-12,20,22H,13-16H2,1H3/b8-5+. The van der Waals surface area contributed by atoms with Gasteiger partial charge >= 0.3 is 0 Å². The molecule has 2 rings (SSSR count). The van der Waals surface area contributed by atoms with Crippen molar-refractivity contribution in [1.82, 2.24) is 9.62 Å². The van der Waals surface area contributed by atoms with E-state index in [0.29, 0.717) is 19.6 Å². The molecule has 2 aromatic carbocycles. The van der Waals surface area contributed by atoms with Gasteiger partial charge in [0.25, 0.3) is 0 Å². The number of rotatable bonds is 9. The van der Waals surface area contributed by atoms with Crippen LogP contribution in [0.1, 0.15) is 11.1 Å². The fourth-order valence-corrected chi connectivity index (χ4v) is 3.16. The molecule has 0 bridgehead atoms. The summed E-state index contributed by atoms with van der Waals surface area (Å²) in [4.78, 5) is 2.34. The maximum atomic E-state index is 11.7. The summed E-state index contributed by atoms with van der Waals surface area (Å²) < 4.78 is 25.8. The molecule has 5 nitrogen and oxygen atoms in total. The van der Waals surface area contributed by atoms with E-state index in [1.54, 1.807) is 24.3 Å². The van der Waals surface area contributed by atoms with Crippen LogP contribution in [0, 0.1) is 0 Å². The molecule has 6 heteroatoms. The van der Waals surface area contributed by atoms with Crippen LogP contribution in [-0.4, -0.2) is 45.2 Å². The molecule has 0 aliphatic rings. The van der Waals surface area contributed by atoms with Crippen molar-refractivity contribution in [2.24, 2.45) is 0 Å². The number of hydrogen-bond acceptors (Lipinski definition) is 4. The lowest BCUT2D eigenvalue weighted by Crippen LogP contribution is -2.26. The highest BCUT2D eigenvalue weighted by Gasteiger charge is 2.11. The molecule has 0 heterocycles. The Bertz CT molecular complexity index is 772. The quantitative estimate of drug-likeness (QED) is 0.719. The molecule has 0 aromatic heterocycles. The van der Waals surface area contributed by atoms with Crippen LogP contribution in [0.5, 0.6) is 0 Å². The summed E-state index contributed by atoms with van der Waals surface area (Å²) in [5.74, 6) is 0. The monoisotopic (exact) mass is 360 g/mol. The van der Waals surface area contributed by atoms with Gasteiger partial charge in [-0.25, -0.2) is 13.1 Å². The summed E-state index contributed by atoms with van der Waals surface area (Å²) in [6.45, 7) is 1.96. The van der Waals surface area contributed by atoms with Crippen molar-refractivity contribution in [3.63, 3.8) is 0 Å². The third kappa shape index (κ3) is 6.10. The van der Waals surface area contributed by atoms with Crippen LogP contribution in [0.25, 0.3) is 6.08 Å². The van der Waals surface area contributed by atoms with Gasteiger partial charge in [-0.3, -0.25) is 4.90 Å². The molecule has 0 amide bonds. The van der Waals surface area contributed by atoms with Gasteiger partial charge in [-0.15, -0.1) is 0 Å². The SMILES string of the molecule is CNS(=O)(=O)c1ccc(CN(C/C=C/c2ccccc2)CCO)cc1. The summed E-state index contributed by atoms with van der Waals surface area (Å²) in [7, 11) is -2.02. The lowest BCUT2D eigenvalue weighted by molar-refractivity contribution is 0.203. The molecule has 0 saturated carbocycles. The van der Waals surface area contributed by atoms with E-state index in [2.05, 4.69) is 15.7 Å². The number of hydrogen-bond donors (Lipinski definition) is 2. The molecule has 2 aromatic rings. The number of sulfonamides is 1. The smallest absolute Gasteiger partial charge is 0.240 e. The van der Waals surface area contributed by atoms with Crippen LogP contribution >= 0.6 is 0 Å². The molecule has 0 unspecified atom stereocenters. The number of aliphatic hydroxyl groups is 1. The Balaban J connectivity index is 2.00. The van der Waals surface area contributed by atoms with Gasteiger partial charge in [0.05, 0.1) is 11.5 Å². The maximum absolute atomic E-state index is 11.7.